The van der Waals surface area contributed by atoms with Crippen LogP contribution in [0.4, 0.5) is 0 Å². The van der Waals surface area contributed by atoms with Gasteiger partial charge < -0.3 is 4.74 Å². The average molecular weight is 414 g/mol. The molecule has 0 aliphatic rings. The van der Waals surface area contributed by atoms with Crippen molar-refractivity contribution < 1.29 is 4.74 Å². The van der Waals surface area contributed by atoms with Crippen LogP contribution in [0.3, 0.4) is 0 Å². The zero-order valence-corrected chi connectivity index (χ0v) is 15.5. The summed E-state index contributed by atoms with van der Waals surface area (Å²) in [5, 5.41) is 4.37. The molecule has 0 aliphatic carbocycles. The van der Waals surface area contributed by atoms with Gasteiger partial charge in [0.05, 0.1) is 11.6 Å². The van der Waals surface area contributed by atoms with E-state index >= 15 is 0 Å². The van der Waals surface area contributed by atoms with Gasteiger partial charge in [0.15, 0.2) is 5.82 Å². The first-order valence-corrected chi connectivity index (χ1v) is 9.07. The lowest BCUT2D eigenvalue weighted by Crippen LogP contribution is -2.23. The van der Waals surface area contributed by atoms with E-state index in [2.05, 4.69) is 26.0 Å². The SMILES string of the molecule is COc1ccc(/C=c2/sc3nc(-c4ccccc4Br)nn3c2=O)cc1. The van der Waals surface area contributed by atoms with Crippen LogP contribution in [0.1, 0.15) is 5.56 Å². The van der Waals surface area contributed by atoms with Crippen LogP contribution in [-0.4, -0.2) is 21.7 Å². The zero-order valence-electron chi connectivity index (χ0n) is 13.1. The molecule has 2 heterocycles. The number of aromatic nitrogens is 3. The summed E-state index contributed by atoms with van der Waals surface area (Å²) in [5.41, 5.74) is 1.62. The highest BCUT2D eigenvalue weighted by atomic mass is 79.9. The van der Waals surface area contributed by atoms with E-state index in [0.717, 1.165) is 21.3 Å². The maximum Gasteiger partial charge on any atom is 0.291 e. The Balaban J connectivity index is 1.79. The highest BCUT2D eigenvalue weighted by Crippen LogP contribution is 2.25. The lowest BCUT2D eigenvalue weighted by molar-refractivity contribution is 0.415. The van der Waals surface area contributed by atoms with Crippen molar-refractivity contribution in [2.45, 2.75) is 0 Å². The second-order valence-corrected chi connectivity index (χ2v) is 7.16. The van der Waals surface area contributed by atoms with Gasteiger partial charge in [-0.2, -0.15) is 9.50 Å². The molecule has 0 atom stereocenters. The van der Waals surface area contributed by atoms with Crippen LogP contribution in [0.25, 0.3) is 22.4 Å². The van der Waals surface area contributed by atoms with E-state index < -0.39 is 0 Å². The zero-order chi connectivity index (χ0) is 17.4. The number of halogens is 1. The Bertz CT molecular complexity index is 1170. The molecule has 0 unspecified atom stereocenters. The lowest BCUT2D eigenvalue weighted by Gasteiger charge is -1.98. The number of fused-ring (bicyclic) bond motifs is 1. The van der Waals surface area contributed by atoms with Crippen molar-refractivity contribution in [1.82, 2.24) is 14.6 Å². The molecule has 4 rings (SSSR count). The fourth-order valence-electron chi connectivity index (χ4n) is 2.44. The molecule has 124 valence electrons. The maximum atomic E-state index is 12.6. The van der Waals surface area contributed by atoms with Gasteiger partial charge in [0.1, 0.15) is 5.75 Å². The van der Waals surface area contributed by atoms with Gasteiger partial charge in [0.25, 0.3) is 5.56 Å². The Hall–Kier alpha value is -2.51. The Morgan fingerprint density at radius 3 is 2.60 bits per heavy atom. The van der Waals surface area contributed by atoms with Crippen LogP contribution in [0, 0.1) is 0 Å². The first kappa shape index (κ1) is 16.0. The summed E-state index contributed by atoms with van der Waals surface area (Å²) in [6.45, 7) is 0. The smallest absolute Gasteiger partial charge is 0.291 e. The molecule has 4 aromatic rings. The number of hydrogen-bond donors (Lipinski definition) is 0. The summed E-state index contributed by atoms with van der Waals surface area (Å²) in [4.78, 5) is 17.7. The maximum absolute atomic E-state index is 12.6. The van der Waals surface area contributed by atoms with Crippen molar-refractivity contribution in [3.63, 3.8) is 0 Å². The Labute approximate surface area is 155 Å². The van der Waals surface area contributed by atoms with E-state index in [-0.39, 0.29) is 5.56 Å². The molecule has 0 saturated carbocycles. The van der Waals surface area contributed by atoms with E-state index in [0.29, 0.717) is 15.3 Å². The molecule has 0 saturated heterocycles. The number of rotatable bonds is 3. The molecular weight excluding hydrogens is 402 g/mol. The van der Waals surface area contributed by atoms with Crippen LogP contribution >= 0.6 is 27.3 Å². The van der Waals surface area contributed by atoms with Gasteiger partial charge in [-0.05, 0) is 35.9 Å². The standard InChI is InChI=1S/C18H12BrN3O2S/c1-24-12-8-6-11(7-9-12)10-15-17(23)22-18(25-15)20-16(21-22)13-4-2-3-5-14(13)19/h2-10H,1H3/b15-10+. The second kappa shape index (κ2) is 6.42. The molecule has 2 aromatic heterocycles. The largest absolute Gasteiger partial charge is 0.497 e. The van der Waals surface area contributed by atoms with Gasteiger partial charge in [0.2, 0.25) is 4.96 Å². The van der Waals surface area contributed by atoms with E-state index in [4.69, 9.17) is 4.74 Å². The van der Waals surface area contributed by atoms with Crippen molar-refractivity contribution in [2.75, 3.05) is 7.11 Å². The van der Waals surface area contributed by atoms with Crippen LogP contribution < -0.4 is 14.8 Å². The molecule has 0 N–H and O–H groups in total. The van der Waals surface area contributed by atoms with Gasteiger partial charge in [-0.3, -0.25) is 4.79 Å². The van der Waals surface area contributed by atoms with E-state index in [9.17, 15) is 4.79 Å². The van der Waals surface area contributed by atoms with E-state index in [1.165, 1.54) is 15.9 Å². The monoisotopic (exact) mass is 413 g/mol. The van der Waals surface area contributed by atoms with Crippen molar-refractivity contribution in [1.29, 1.82) is 0 Å². The predicted molar refractivity (Wildman–Crippen MR) is 102 cm³/mol. The van der Waals surface area contributed by atoms with Crippen LogP contribution in [0.15, 0.2) is 57.8 Å². The van der Waals surface area contributed by atoms with E-state index in [1.807, 2.05) is 54.6 Å². The summed E-state index contributed by atoms with van der Waals surface area (Å²) in [7, 11) is 1.62. The second-order valence-electron chi connectivity index (χ2n) is 5.30. The summed E-state index contributed by atoms with van der Waals surface area (Å²) in [6, 6.07) is 15.2. The van der Waals surface area contributed by atoms with Crippen molar-refractivity contribution in [3.8, 4) is 17.1 Å². The molecule has 7 heteroatoms. The fourth-order valence-corrected chi connectivity index (χ4v) is 3.81. The quantitative estimate of drug-likeness (QED) is 0.517. The number of ether oxygens (including phenoxy) is 1. The lowest BCUT2D eigenvalue weighted by atomic mass is 10.2. The topological polar surface area (TPSA) is 56.5 Å². The van der Waals surface area contributed by atoms with Crippen molar-refractivity contribution in [2.24, 2.45) is 0 Å². The Morgan fingerprint density at radius 1 is 1.16 bits per heavy atom. The average Bonchev–Trinajstić information content (AvgIpc) is 3.16. The number of nitrogens with zero attached hydrogens (tertiary/aromatic N) is 3. The van der Waals surface area contributed by atoms with Crippen molar-refractivity contribution >= 4 is 38.3 Å². The molecule has 2 aromatic carbocycles. The number of methoxy groups -OCH3 is 1. The van der Waals surface area contributed by atoms with Gasteiger partial charge >= 0.3 is 0 Å². The Kier molecular flexibility index (Phi) is 4.10. The molecule has 0 amide bonds. The minimum Gasteiger partial charge on any atom is -0.497 e. The minimum atomic E-state index is -0.165. The van der Waals surface area contributed by atoms with Crippen LogP contribution in [-0.2, 0) is 0 Å². The highest BCUT2D eigenvalue weighted by Gasteiger charge is 2.13. The van der Waals surface area contributed by atoms with Gasteiger partial charge in [-0.25, -0.2) is 0 Å². The Morgan fingerprint density at radius 2 is 1.92 bits per heavy atom. The van der Waals surface area contributed by atoms with Crippen LogP contribution in [0.2, 0.25) is 0 Å². The van der Waals surface area contributed by atoms with Gasteiger partial charge in [-0.1, -0.05) is 51.5 Å². The molecule has 0 fully saturated rings. The normalized spacial score (nSPS) is 12.0. The third-order valence-corrected chi connectivity index (χ3v) is 5.36. The molecule has 0 aliphatic heterocycles. The number of thiazole rings is 1. The minimum absolute atomic E-state index is 0.165. The van der Waals surface area contributed by atoms with E-state index in [1.54, 1.807) is 7.11 Å². The van der Waals surface area contributed by atoms with Crippen LogP contribution in [0.5, 0.6) is 5.75 Å². The molecule has 25 heavy (non-hydrogen) atoms. The van der Waals surface area contributed by atoms with Gasteiger partial charge in [0, 0.05) is 10.0 Å². The highest BCUT2D eigenvalue weighted by molar-refractivity contribution is 9.10. The third kappa shape index (κ3) is 2.96. The predicted octanol–water partition coefficient (Wildman–Crippen LogP) is 3.14. The molecule has 0 spiro atoms. The third-order valence-electron chi connectivity index (χ3n) is 3.71. The first-order valence-electron chi connectivity index (χ1n) is 7.46. The van der Waals surface area contributed by atoms with Gasteiger partial charge in [-0.15, -0.1) is 5.10 Å². The summed E-state index contributed by atoms with van der Waals surface area (Å²) in [6.07, 6.45) is 1.83. The summed E-state index contributed by atoms with van der Waals surface area (Å²) < 4.78 is 7.99. The summed E-state index contributed by atoms with van der Waals surface area (Å²) in [5.74, 6) is 1.31. The summed E-state index contributed by atoms with van der Waals surface area (Å²) >= 11 is 4.81. The number of hydrogen-bond acceptors (Lipinski definition) is 5. The van der Waals surface area contributed by atoms with Crippen molar-refractivity contribution in [3.05, 3.63) is 73.5 Å². The molecule has 5 nitrogen and oxygen atoms in total. The molecule has 0 radical (unpaired) electrons. The molecule has 0 bridgehead atoms. The molecular formula is C18H12BrN3O2S. The first-order chi connectivity index (χ1) is 12.2. The fraction of sp³-hybridized carbons (Fsp3) is 0.0556. The number of benzene rings is 2.